The standard InChI is InChI=1S/C14H13BrN2O2/c15-11-6-7-12(16-9-11)13(17-14(18)19)8-10-4-2-1-3-5-10/h1-7,9,13,17H,8H2,(H,18,19). The van der Waals surface area contributed by atoms with E-state index < -0.39 is 6.09 Å². The van der Waals surface area contributed by atoms with Crippen molar-refractivity contribution < 1.29 is 9.90 Å². The highest BCUT2D eigenvalue weighted by Crippen LogP contribution is 2.18. The van der Waals surface area contributed by atoms with Gasteiger partial charge in [0, 0.05) is 10.7 Å². The second kappa shape index (κ2) is 6.33. The van der Waals surface area contributed by atoms with Crippen LogP contribution in [0.5, 0.6) is 0 Å². The van der Waals surface area contributed by atoms with Gasteiger partial charge in [-0.05, 0) is 40.0 Å². The second-order valence-corrected chi connectivity index (χ2v) is 5.01. The lowest BCUT2D eigenvalue weighted by molar-refractivity contribution is 0.189. The molecule has 98 valence electrons. The summed E-state index contributed by atoms with van der Waals surface area (Å²) in [6.07, 6.45) is 1.18. The minimum Gasteiger partial charge on any atom is -0.465 e. The minimum absolute atomic E-state index is 0.354. The molecule has 0 aliphatic heterocycles. The van der Waals surface area contributed by atoms with Gasteiger partial charge in [0.2, 0.25) is 0 Å². The summed E-state index contributed by atoms with van der Waals surface area (Å²) in [6, 6.07) is 13.0. The molecule has 1 atom stereocenters. The summed E-state index contributed by atoms with van der Waals surface area (Å²) in [6.45, 7) is 0. The second-order valence-electron chi connectivity index (χ2n) is 4.09. The van der Waals surface area contributed by atoms with Crippen LogP contribution in [-0.2, 0) is 6.42 Å². The largest absolute Gasteiger partial charge is 0.465 e. The van der Waals surface area contributed by atoms with Crippen molar-refractivity contribution in [2.24, 2.45) is 0 Å². The first kappa shape index (κ1) is 13.5. The van der Waals surface area contributed by atoms with Crippen molar-refractivity contribution in [3.63, 3.8) is 0 Å². The molecule has 1 aromatic carbocycles. The zero-order valence-electron chi connectivity index (χ0n) is 10.1. The number of carbonyl (C=O) groups is 1. The number of halogens is 1. The van der Waals surface area contributed by atoms with E-state index in [-0.39, 0.29) is 6.04 Å². The maximum absolute atomic E-state index is 10.9. The smallest absolute Gasteiger partial charge is 0.405 e. The first-order valence-electron chi connectivity index (χ1n) is 5.80. The molecule has 0 saturated carbocycles. The van der Waals surface area contributed by atoms with E-state index in [9.17, 15) is 4.79 Å². The van der Waals surface area contributed by atoms with E-state index in [0.29, 0.717) is 12.1 Å². The summed E-state index contributed by atoms with van der Waals surface area (Å²) in [5.41, 5.74) is 1.76. The Labute approximate surface area is 119 Å². The van der Waals surface area contributed by atoms with Gasteiger partial charge in [0.05, 0.1) is 11.7 Å². The minimum atomic E-state index is -1.05. The van der Waals surface area contributed by atoms with Gasteiger partial charge < -0.3 is 10.4 Å². The number of hydrogen-bond donors (Lipinski definition) is 2. The molecule has 1 aromatic heterocycles. The zero-order valence-corrected chi connectivity index (χ0v) is 11.7. The quantitative estimate of drug-likeness (QED) is 0.907. The van der Waals surface area contributed by atoms with Crippen molar-refractivity contribution in [2.45, 2.75) is 12.5 Å². The molecule has 1 amide bonds. The summed E-state index contributed by atoms with van der Waals surface area (Å²) in [5, 5.41) is 11.4. The number of aromatic nitrogens is 1. The molecule has 5 heteroatoms. The van der Waals surface area contributed by atoms with Crippen LogP contribution < -0.4 is 5.32 Å². The number of nitrogens with zero attached hydrogens (tertiary/aromatic N) is 1. The van der Waals surface area contributed by atoms with Crippen LogP contribution in [-0.4, -0.2) is 16.2 Å². The van der Waals surface area contributed by atoms with Gasteiger partial charge in [-0.25, -0.2) is 4.79 Å². The zero-order chi connectivity index (χ0) is 13.7. The monoisotopic (exact) mass is 320 g/mol. The number of amides is 1. The van der Waals surface area contributed by atoms with Crippen LogP contribution in [0.3, 0.4) is 0 Å². The van der Waals surface area contributed by atoms with E-state index in [1.807, 2.05) is 42.5 Å². The Kier molecular flexibility index (Phi) is 4.52. The molecule has 0 aliphatic rings. The van der Waals surface area contributed by atoms with Gasteiger partial charge >= 0.3 is 6.09 Å². The lowest BCUT2D eigenvalue weighted by Crippen LogP contribution is -2.29. The molecule has 2 N–H and O–H groups in total. The maximum Gasteiger partial charge on any atom is 0.405 e. The van der Waals surface area contributed by atoms with E-state index in [1.165, 1.54) is 0 Å². The van der Waals surface area contributed by atoms with Gasteiger partial charge in [0.1, 0.15) is 0 Å². The summed E-state index contributed by atoms with van der Waals surface area (Å²) in [5.74, 6) is 0. The van der Waals surface area contributed by atoms with E-state index in [1.54, 1.807) is 6.20 Å². The summed E-state index contributed by atoms with van der Waals surface area (Å²) < 4.78 is 0.866. The average molecular weight is 321 g/mol. The Balaban J connectivity index is 2.20. The van der Waals surface area contributed by atoms with Gasteiger partial charge in [0.25, 0.3) is 0 Å². The SMILES string of the molecule is O=C(O)NC(Cc1ccccc1)c1ccc(Br)cn1. The lowest BCUT2D eigenvalue weighted by atomic mass is 10.0. The topological polar surface area (TPSA) is 62.2 Å². The number of hydrogen-bond acceptors (Lipinski definition) is 2. The Bertz CT molecular complexity index is 543. The first-order chi connectivity index (χ1) is 9.15. The molecule has 2 rings (SSSR count). The first-order valence-corrected chi connectivity index (χ1v) is 6.59. The van der Waals surface area contributed by atoms with Crippen LogP contribution in [0.2, 0.25) is 0 Å². The molecule has 0 aliphatic carbocycles. The van der Waals surface area contributed by atoms with Crippen LogP contribution in [0.1, 0.15) is 17.3 Å². The van der Waals surface area contributed by atoms with Gasteiger partial charge in [-0.1, -0.05) is 30.3 Å². The van der Waals surface area contributed by atoms with Crippen molar-refractivity contribution in [2.75, 3.05) is 0 Å². The Morgan fingerprint density at radius 2 is 2.00 bits per heavy atom. The van der Waals surface area contributed by atoms with E-state index in [4.69, 9.17) is 5.11 Å². The summed E-state index contributed by atoms with van der Waals surface area (Å²) in [7, 11) is 0. The summed E-state index contributed by atoms with van der Waals surface area (Å²) in [4.78, 5) is 15.1. The van der Waals surface area contributed by atoms with Crippen molar-refractivity contribution in [1.82, 2.24) is 10.3 Å². The molecular formula is C14H13BrN2O2. The fourth-order valence-corrected chi connectivity index (χ4v) is 2.06. The fourth-order valence-electron chi connectivity index (χ4n) is 1.82. The number of pyridine rings is 1. The van der Waals surface area contributed by atoms with Crippen LogP contribution >= 0.6 is 15.9 Å². The third-order valence-electron chi connectivity index (χ3n) is 2.69. The van der Waals surface area contributed by atoms with Gasteiger partial charge in [-0.15, -0.1) is 0 Å². The van der Waals surface area contributed by atoms with Gasteiger partial charge in [0.15, 0.2) is 0 Å². The number of benzene rings is 1. The Hall–Kier alpha value is -1.88. The molecule has 0 bridgehead atoms. The van der Waals surface area contributed by atoms with Crippen LogP contribution in [0.15, 0.2) is 53.1 Å². The normalized spacial score (nSPS) is 11.8. The van der Waals surface area contributed by atoms with Crippen molar-refractivity contribution in [3.05, 3.63) is 64.4 Å². The predicted octanol–water partition coefficient (Wildman–Crippen LogP) is 3.40. The summed E-state index contributed by atoms with van der Waals surface area (Å²) >= 11 is 3.31. The maximum atomic E-state index is 10.9. The molecule has 2 aromatic rings. The van der Waals surface area contributed by atoms with E-state index >= 15 is 0 Å². The fraction of sp³-hybridized carbons (Fsp3) is 0.143. The van der Waals surface area contributed by atoms with E-state index in [2.05, 4.69) is 26.2 Å². The molecule has 1 heterocycles. The number of carboxylic acid groups (broad SMARTS) is 1. The molecular weight excluding hydrogens is 308 g/mol. The van der Waals surface area contributed by atoms with E-state index in [0.717, 1.165) is 10.0 Å². The van der Waals surface area contributed by atoms with Crippen LogP contribution in [0.25, 0.3) is 0 Å². The highest BCUT2D eigenvalue weighted by Gasteiger charge is 2.15. The average Bonchev–Trinajstić information content (AvgIpc) is 2.39. The molecule has 4 nitrogen and oxygen atoms in total. The third kappa shape index (κ3) is 4.06. The molecule has 1 unspecified atom stereocenters. The molecule has 0 radical (unpaired) electrons. The highest BCUT2D eigenvalue weighted by molar-refractivity contribution is 9.10. The number of rotatable bonds is 4. The predicted molar refractivity (Wildman–Crippen MR) is 76.0 cm³/mol. The van der Waals surface area contributed by atoms with Crippen molar-refractivity contribution >= 4 is 22.0 Å². The van der Waals surface area contributed by atoms with Gasteiger partial charge in [-0.3, -0.25) is 4.98 Å². The van der Waals surface area contributed by atoms with Crippen LogP contribution in [0, 0.1) is 0 Å². The molecule has 0 spiro atoms. The lowest BCUT2D eigenvalue weighted by Gasteiger charge is -2.16. The Morgan fingerprint density at radius 3 is 2.58 bits per heavy atom. The highest BCUT2D eigenvalue weighted by atomic mass is 79.9. The van der Waals surface area contributed by atoms with Crippen molar-refractivity contribution in [1.29, 1.82) is 0 Å². The van der Waals surface area contributed by atoms with Gasteiger partial charge in [-0.2, -0.15) is 0 Å². The van der Waals surface area contributed by atoms with Crippen molar-refractivity contribution in [3.8, 4) is 0 Å². The Morgan fingerprint density at radius 1 is 1.26 bits per heavy atom. The van der Waals surface area contributed by atoms with Crippen LogP contribution in [0.4, 0.5) is 4.79 Å². The molecule has 0 fully saturated rings. The third-order valence-corrected chi connectivity index (χ3v) is 3.16. The number of nitrogens with one attached hydrogen (secondary N) is 1. The molecule has 19 heavy (non-hydrogen) atoms. The molecule has 0 saturated heterocycles.